The molecule has 1 aliphatic carbocycles. The van der Waals surface area contributed by atoms with Crippen molar-refractivity contribution in [2.45, 2.75) is 31.5 Å². The van der Waals surface area contributed by atoms with Gasteiger partial charge in [-0.3, -0.25) is 0 Å². The molecular weight excluding hydrogens is 144 g/mol. The summed E-state index contributed by atoms with van der Waals surface area (Å²) in [5.41, 5.74) is -0.0908. The molecule has 11 heavy (non-hydrogen) atoms. The Morgan fingerprint density at radius 2 is 2.27 bits per heavy atom. The SMILES string of the molecule is COC(=O)C1OC12CC(C)C2. The molecule has 1 spiro atoms. The number of ether oxygens (including phenoxy) is 2. The molecule has 1 atom stereocenters. The zero-order valence-electron chi connectivity index (χ0n) is 6.79. The molecule has 0 aromatic heterocycles. The van der Waals surface area contributed by atoms with Crippen LogP contribution in [0, 0.1) is 5.92 Å². The molecule has 2 aliphatic rings. The minimum atomic E-state index is -0.247. The highest BCUT2D eigenvalue weighted by Crippen LogP contribution is 2.55. The molecule has 0 amide bonds. The summed E-state index contributed by atoms with van der Waals surface area (Å²) in [6, 6.07) is 0. The van der Waals surface area contributed by atoms with Crippen LogP contribution in [-0.2, 0) is 14.3 Å². The predicted molar refractivity (Wildman–Crippen MR) is 38.0 cm³/mol. The topological polar surface area (TPSA) is 38.8 Å². The van der Waals surface area contributed by atoms with Crippen molar-refractivity contribution in [3.63, 3.8) is 0 Å². The van der Waals surface area contributed by atoms with Crippen molar-refractivity contribution < 1.29 is 14.3 Å². The van der Waals surface area contributed by atoms with Crippen LogP contribution >= 0.6 is 0 Å². The van der Waals surface area contributed by atoms with Gasteiger partial charge in [-0.1, -0.05) is 6.92 Å². The molecule has 1 aliphatic heterocycles. The Kier molecular flexibility index (Phi) is 1.27. The fraction of sp³-hybridized carbons (Fsp3) is 0.875. The van der Waals surface area contributed by atoms with Crippen molar-refractivity contribution in [1.29, 1.82) is 0 Å². The van der Waals surface area contributed by atoms with E-state index in [1.165, 1.54) is 7.11 Å². The third-order valence-electron chi connectivity index (χ3n) is 2.58. The van der Waals surface area contributed by atoms with Crippen molar-refractivity contribution in [2.75, 3.05) is 7.11 Å². The van der Waals surface area contributed by atoms with Gasteiger partial charge in [0.1, 0.15) is 5.60 Å². The molecule has 2 rings (SSSR count). The van der Waals surface area contributed by atoms with E-state index in [4.69, 9.17) is 4.74 Å². The first-order valence-electron chi connectivity index (χ1n) is 3.93. The van der Waals surface area contributed by atoms with Gasteiger partial charge in [0.15, 0.2) is 6.10 Å². The van der Waals surface area contributed by atoms with Crippen molar-refractivity contribution in [3.8, 4) is 0 Å². The third-order valence-corrected chi connectivity index (χ3v) is 2.58. The van der Waals surface area contributed by atoms with Gasteiger partial charge in [0.25, 0.3) is 0 Å². The molecule has 2 fully saturated rings. The first-order valence-corrected chi connectivity index (χ1v) is 3.93. The maximum atomic E-state index is 10.9. The van der Waals surface area contributed by atoms with E-state index in [1.807, 2.05) is 0 Å². The average Bonchev–Trinajstić information content (AvgIpc) is 2.61. The molecule has 3 nitrogen and oxygen atoms in total. The van der Waals surface area contributed by atoms with Gasteiger partial charge >= 0.3 is 5.97 Å². The zero-order chi connectivity index (χ0) is 8.06. The Morgan fingerprint density at radius 3 is 2.73 bits per heavy atom. The van der Waals surface area contributed by atoms with Gasteiger partial charge in [0.2, 0.25) is 0 Å². The van der Waals surface area contributed by atoms with Gasteiger partial charge < -0.3 is 9.47 Å². The molecule has 1 saturated heterocycles. The van der Waals surface area contributed by atoms with E-state index >= 15 is 0 Å². The van der Waals surface area contributed by atoms with Crippen LogP contribution in [-0.4, -0.2) is 24.8 Å². The minimum absolute atomic E-state index is 0.0908. The van der Waals surface area contributed by atoms with Crippen LogP contribution in [0.3, 0.4) is 0 Å². The minimum Gasteiger partial charge on any atom is -0.467 e. The smallest absolute Gasteiger partial charge is 0.338 e. The second kappa shape index (κ2) is 1.97. The van der Waals surface area contributed by atoms with Crippen molar-refractivity contribution in [1.82, 2.24) is 0 Å². The molecule has 3 heteroatoms. The highest BCUT2D eigenvalue weighted by atomic mass is 16.7. The fourth-order valence-electron chi connectivity index (χ4n) is 2.00. The van der Waals surface area contributed by atoms with Crippen molar-refractivity contribution in [2.24, 2.45) is 5.92 Å². The molecule has 0 aromatic rings. The van der Waals surface area contributed by atoms with Gasteiger partial charge in [0, 0.05) is 0 Å². The Morgan fingerprint density at radius 1 is 1.64 bits per heavy atom. The normalized spacial score (nSPS) is 46.7. The van der Waals surface area contributed by atoms with Crippen LogP contribution in [0.4, 0.5) is 0 Å². The molecule has 0 radical (unpaired) electrons. The number of epoxide rings is 1. The van der Waals surface area contributed by atoms with Crippen LogP contribution in [0.5, 0.6) is 0 Å². The van der Waals surface area contributed by atoms with Crippen LogP contribution in [0.15, 0.2) is 0 Å². The summed E-state index contributed by atoms with van der Waals surface area (Å²) in [5.74, 6) is 0.501. The lowest BCUT2D eigenvalue weighted by atomic mass is 9.74. The maximum absolute atomic E-state index is 10.9. The monoisotopic (exact) mass is 156 g/mol. The summed E-state index contributed by atoms with van der Waals surface area (Å²) in [5, 5.41) is 0. The second-order valence-corrected chi connectivity index (χ2v) is 3.60. The van der Waals surface area contributed by atoms with Gasteiger partial charge in [-0.05, 0) is 18.8 Å². The second-order valence-electron chi connectivity index (χ2n) is 3.60. The number of esters is 1. The molecule has 1 heterocycles. The number of methoxy groups -OCH3 is 1. The fourth-order valence-corrected chi connectivity index (χ4v) is 2.00. The Labute approximate surface area is 65.7 Å². The standard InChI is InChI=1S/C8H12O3/c1-5-3-8(4-5)6(11-8)7(9)10-2/h5-6H,3-4H2,1-2H3. The summed E-state index contributed by atoms with van der Waals surface area (Å²) in [7, 11) is 1.40. The quantitative estimate of drug-likeness (QED) is 0.415. The van der Waals surface area contributed by atoms with Gasteiger partial charge in [0.05, 0.1) is 7.11 Å². The van der Waals surface area contributed by atoms with Crippen molar-refractivity contribution in [3.05, 3.63) is 0 Å². The maximum Gasteiger partial charge on any atom is 0.338 e. The summed E-state index contributed by atoms with van der Waals surface area (Å²) >= 11 is 0. The lowest BCUT2D eigenvalue weighted by molar-refractivity contribution is -0.142. The van der Waals surface area contributed by atoms with E-state index < -0.39 is 0 Å². The van der Waals surface area contributed by atoms with E-state index in [9.17, 15) is 4.79 Å². The zero-order valence-corrected chi connectivity index (χ0v) is 6.79. The lowest BCUT2D eigenvalue weighted by Gasteiger charge is -2.29. The van der Waals surface area contributed by atoms with E-state index in [0.717, 1.165) is 12.8 Å². The Hall–Kier alpha value is -0.570. The number of rotatable bonds is 1. The highest BCUT2D eigenvalue weighted by Gasteiger charge is 2.66. The Balaban J connectivity index is 1.91. The molecular formula is C8H12O3. The molecule has 0 aromatic carbocycles. The molecule has 62 valence electrons. The lowest BCUT2D eigenvalue weighted by Crippen LogP contribution is -2.35. The molecule has 0 bridgehead atoms. The van der Waals surface area contributed by atoms with Gasteiger partial charge in [-0.15, -0.1) is 0 Å². The van der Waals surface area contributed by atoms with E-state index in [0.29, 0.717) is 5.92 Å². The van der Waals surface area contributed by atoms with E-state index in [-0.39, 0.29) is 17.7 Å². The predicted octanol–water partition coefficient (Wildman–Crippen LogP) is 0.727. The number of carbonyl (C=O) groups excluding carboxylic acids is 1. The van der Waals surface area contributed by atoms with Gasteiger partial charge in [-0.2, -0.15) is 0 Å². The largest absolute Gasteiger partial charge is 0.467 e. The van der Waals surface area contributed by atoms with E-state index in [2.05, 4.69) is 11.7 Å². The van der Waals surface area contributed by atoms with Crippen molar-refractivity contribution >= 4 is 5.97 Å². The third kappa shape index (κ3) is 0.872. The molecule has 0 N–H and O–H groups in total. The van der Waals surface area contributed by atoms with Crippen LogP contribution in [0.2, 0.25) is 0 Å². The summed E-state index contributed by atoms with van der Waals surface area (Å²) in [4.78, 5) is 10.9. The highest BCUT2D eigenvalue weighted by molar-refractivity contribution is 5.79. The summed E-state index contributed by atoms with van der Waals surface area (Å²) in [6.45, 7) is 2.17. The van der Waals surface area contributed by atoms with Gasteiger partial charge in [-0.25, -0.2) is 4.79 Å². The number of hydrogen-bond donors (Lipinski definition) is 0. The summed E-state index contributed by atoms with van der Waals surface area (Å²) < 4.78 is 9.87. The van der Waals surface area contributed by atoms with Crippen LogP contribution < -0.4 is 0 Å². The first-order chi connectivity index (χ1) is 5.18. The summed E-state index contributed by atoms with van der Waals surface area (Å²) in [6.07, 6.45) is 1.79. The number of carbonyl (C=O) groups is 1. The number of hydrogen-bond acceptors (Lipinski definition) is 3. The average molecular weight is 156 g/mol. The Bertz CT molecular complexity index is 194. The molecule has 1 saturated carbocycles. The first kappa shape index (κ1) is 7.10. The molecule has 1 unspecified atom stereocenters. The van der Waals surface area contributed by atoms with Crippen LogP contribution in [0.1, 0.15) is 19.8 Å². The van der Waals surface area contributed by atoms with Crippen LogP contribution in [0.25, 0.3) is 0 Å². The van der Waals surface area contributed by atoms with E-state index in [1.54, 1.807) is 0 Å².